The minimum Gasteiger partial charge on any atom is -0.368 e. The maximum atomic E-state index is 13.2. The highest BCUT2D eigenvalue weighted by Gasteiger charge is 2.29. The molecule has 0 bridgehead atoms. The van der Waals surface area contributed by atoms with Gasteiger partial charge in [-0.2, -0.15) is 0 Å². The van der Waals surface area contributed by atoms with Gasteiger partial charge in [0.2, 0.25) is 15.9 Å². The van der Waals surface area contributed by atoms with E-state index < -0.39 is 27.8 Å². The lowest BCUT2D eigenvalue weighted by atomic mass is 10.0. The van der Waals surface area contributed by atoms with E-state index in [2.05, 4.69) is 4.72 Å². The fraction of sp³-hybridized carbons (Fsp3) is 0.500. The van der Waals surface area contributed by atoms with Gasteiger partial charge in [-0.25, -0.2) is 17.5 Å². The number of carbonyl (C=O) groups excluding carboxylic acids is 1. The Labute approximate surface area is 129 Å². The lowest BCUT2D eigenvalue weighted by Crippen LogP contribution is -2.53. The first-order valence-electron chi connectivity index (χ1n) is 7.11. The van der Waals surface area contributed by atoms with Crippen molar-refractivity contribution in [3.05, 3.63) is 30.1 Å². The minimum absolute atomic E-state index is 0.104. The summed E-state index contributed by atoms with van der Waals surface area (Å²) in [5.74, 6) is -1.04. The van der Waals surface area contributed by atoms with Gasteiger partial charge in [-0.05, 0) is 44.5 Å². The lowest BCUT2D eigenvalue weighted by molar-refractivity contribution is -0.123. The quantitative estimate of drug-likeness (QED) is 0.820. The Kier molecular flexibility index (Phi) is 5.15. The van der Waals surface area contributed by atoms with Crippen LogP contribution in [0.15, 0.2) is 29.2 Å². The van der Waals surface area contributed by atoms with Gasteiger partial charge >= 0.3 is 0 Å². The fourth-order valence-electron chi connectivity index (χ4n) is 2.56. The molecule has 0 aliphatic carbocycles. The normalized spacial score (nSPS) is 21.5. The standard InChI is InChI=1S/C14H20FN3O3S/c1-10(14(16)19)18-7-3-5-12(9-18)17-22(20,21)13-6-2-4-11(15)8-13/h2,4,6,8,10,12,17H,3,5,7,9H2,1H3,(H2,16,19)/t10-,12-/m0/s1. The van der Waals surface area contributed by atoms with E-state index in [1.54, 1.807) is 6.92 Å². The molecule has 1 aromatic carbocycles. The second kappa shape index (κ2) is 6.72. The van der Waals surface area contributed by atoms with Crippen LogP contribution >= 0.6 is 0 Å². The molecule has 0 unspecified atom stereocenters. The van der Waals surface area contributed by atoms with Crippen LogP contribution in [0.1, 0.15) is 19.8 Å². The Morgan fingerprint density at radius 1 is 1.50 bits per heavy atom. The van der Waals surface area contributed by atoms with Gasteiger partial charge in [0.25, 0.3) is 0 Å². The molecular formula is C14H20FN3O3S. The van der Waals surface area contributed by atoms with Crippen molar-refractivity contribution in [1.29, 1.82) is 0 Å². The fourth-order valence-corrected chi connectivity index (χ4v) is 3.85. The molecule has 2 rings (SSSR count). The third-order valence-corrected chi connectivity index (χ3v) is 5.36. The molecule has 122 valence electrons. The van der Waals surface area contributed by atoms with Crippen LogP contribution in [0.4, 0.5) is 4.39 Å². The van der Waals surface area contributed by atoms with Crippen molar-refractivity contribution in [2.75, 3.05) is 13.1 Å². The number of primary amides is 1. The van der Waals surface area contributed by atoms with Crippen molar-refractivity contribution in [3.8, 4) is 0 Å². The summed E-state index contributed by atoms with van der Waals surface area (Å²) in [6, 6.07) is 4.10. The molecule has 1 amide bonds. The molecule has 0 spiro atoms. The largest absolute Gasteiger partial charge is 0.368 e. The number of amides is 1. The average molecular weight is 329 g/mol. The molecule has 6 nitrogen and oxygen atoms in total. The van der Waals surface area contributed by atoms with E-state index in [9.17, 15) is 17.6 Å². The third kappa shape index (κ3) is 4.02. The smallest absolute Gasteiger partial charge is 0.240 e. The van der Waals surface area contributed by atoms with Crippen LogP contribution in [0.3, 0.4) is 0 Å². The first-order valence-corrected chi connectivity index (χ1v) is 8.59. The summed E-state index contributed by atoms with van der Waals surface area (Å²) in [4.78, 5) is 13.0. The number of hydrogen-bond acceptors (Lipinski definition) is 4. The zero-order valence-corrected chi connectivity index (χ0v) is 13.1. The molecule has 1 aromatic rings. The van der Waals surface area contributed by atoms with Gasteiger partial charge < -0.3 is 5.73 Å². The van der Waals surface area contributed by atoms with E-state index in [1.165, 1.54) is 18.2 Å². The highest BCUT2D eigenvalue weighted by molar-refractivity contribution is 7.89. The summed E-state index contributed by atoms with van der Waals surface area (Å²) in [6.07, 6.45) is 1.42. The zero-order chi connectivity index (χ0) is 16.3. The van der Waals surface area contributed by atoms with E-state index in [0.717, 1.165) is 12.5 Å². The lowest BCUT2D eigenvalue weighted by Gasteiger charge is -2.35. The summed E-state index contributed by atoms with van der Waals surface area (Å²) in [5.41, 5.74) is 5.29. The van der Waals surface area contributed by atoms with Gasteiger partial charge in [-0.1, -0.05) is 6.07 Å². The van der Waals surface area contributed by atoms with E-state index in [0.29, 0.717) is 19.5 Å². The average Bonchev–Trinajstić information content (AvgIpc) is 2.46. The maximum Gasteiger partial charge on any atom is 0.240 e. The van der Waals surface area contributed by atoms with Gasteiger partial charge in [0, 0.05) is 12.6 Å². The summed E-state index contributed by atoms with van der Waals surface area (Å²) in [7, 11) is -3.78. The Bertz CT molecular complexity index is 650. The van der Waals surface area contributed by atoms with Crippen LogP contribution < -0.4 is 10.5 Å². The summed E-state index contributed by atoms with van der Waals surface area (Å²) >= 11 is 0. The second-order valence-electron chi connectivity index (χ2n) is 5.49. The molecule has 8 heteroatoms. The molecule has 1 aliphatic rings. The van der Waals surface area contributed by atoms with Gasteiger partial charge in [0.1, 0.15) is 5.82 Å². The number of nitrogens with one attached hydrogen (secondary N) is 1. The van der Waals surface area contributed by atoms with Crippen molar-refractivity contribution in [1.82, 2.24) is 9.62 Å². The molecule has 3 N–H and O–H groups in total. The number of rotatable bonds is 5. The molecule has 2 atom stereocenters. The minimum atomic E-state index is -3.78. The van der Waals surface area contributed by atoms with E-state index in [1.807, 2.05) is 4.90 Å². The molecular weight excluding hydrogens is 309 g/mol. The number of carbonyl (C=O) groups is 1. The monoisotopic (exact) mass is 329 g/mol. The van der Waals surface area contributed by atoms with Gasteiger partial charge in [-0.15, -0.1) is 0 Å². The maximum absolute atomic E-state index is 13.2. The third-order valence-electron chi connectivity index (χ3n) is 3.84. The molecule has 0 aromatic heterocycles. The van der Waals surface area contributed by atoms with Crippen molar-refractivity contribution >= 4 is 15.9 Å². The number of nitrogens with zero attached hydrogens (tertiary/aromatic N) is 1. The van der Waals surface area contributed by atoms with Crippen molar-refractivity contribution < 1.29 is 17.6 Å². The summed E-state index contributed by atoms with van der Waals surface area (Å²) < 4.78 is 40.3. The number of likely N-dealkylation sites (tertiary alicyclic amines) is 1. The zero-order valence-electron chi connectivity index (χ0n) is 12.3. The van der Waals surface area contributed by atoms with Crippen LogP contribution in [0.5, 0.6) is 0 Å². The first-order chi connectivity index (χ1) is 10.3. The van der Waals surface area contributed by atoms with Crippen LogP contribution in [0, 0.1) is 5.82 Å². The highest BCUT2D eigenvalue weighted by atomic mass is 32.2. The Morgan fingerprint density at radius 2 is 2.23 bits per heavy atom. The number of hydrogen-bond donors (Lipinski definition) is 2. The van der Waals surface area contributed by atoms with Gasteiger partial charge in [-0.3, -0.25) is 9.69 Å². The van der Waals surface area contributed by atoms with E-state index >= 15 is 0 Å². The van der Waals surface area contributed by atoms with Crippen LogP contribution in [-0.2, 0) is 14.8 Å². The van der Waals surface area contributed by atoms with Gasteiger partial charge in [0.05, 0.1) is 10.9 Å². The van der Waals surface area contributed by atoms with Crippen LogP contribution in [0.25, 0.3) is 0 Å². The van der Waals surface area contributed by atoms with Crippen LogP contribution in [-0.4, -0.2) is 44.4 Å². The topological polar surface area (TPSA) is 92.5 Å². The number of sulfonamides is 1. The van der Waals surface area contributed by atoms with E-state index in [-0.39, 0.29) is 10.9 Å². The Morgan fingerprint density at radius 3 is 2.86 bits per heavy atom. The molecule has 1 heterocycles. The highest BCUT2D eigenvalue weighted by Crippen LogP contribution is 2.17. The molecule has 1 fully saturated rings. The summed E-state index contributed by atoms with van der Waals surface area (Å²) in [6.45, 7) is 2.80. The molecule has 1 aliphatic heterocycles. The van der Waals surface area contributed by atoms with Crippen molar-refractivity contribution in [2.24, 2.45) is 5.73 Å². The number of halogens is 1. The number of nitrogens with two attached hydrogens (primary N) is 1. The molecule has 22 heavy (non-hydrogen) atoms. The second-order valence-corrected chi connectivity index (χ2v) is 7.21. The predicted octanol–water partition coefficient (Wildman–Crippen LogP) is 0.442. The number of piperidine rings is 1. The van der Waals surface area contributed by atoms with Crippen LogP contribution in [0.2, 0.25) is 0 Å². The predicted molar refractivity (Wildman–Crippen MR) is 80.0 cm³/mol. The molecule has 0 radical (unpaired) electrons. The Balaban J connectivity index is 2.08. The van der Waals surface area contributed by atoms with Crippen molar-refractivity contribution in [2.45, 2.75) is 36.7 Å². The van der Waals surface area contributed by atoms with Crippen molar-refractivity contribution in [3.63, 3.8) is 0 Å². The first kappa shape index (κ1) is 16.9. The molecule has 0 saturated carbocycles. The number of benzene rings is 1. The Hall–Kier alpha value is -1.51. The molecule has 1 saturated heterocycles. The van der Waals surface area contributed by atoms with Gasteiger partial charge in [0.15, 0.2) is 0 Å². The SMILES string of the molecule is C[C@@H](C(N)=O)N1CCC[C@H](NS(=O)(=O)c2cccc(F)c2)C1. The summed E-state index contributed by atoms with van der Waals surface area (Å²) in [5, 5.41) is 0. The van der Waals surface area contributed by atoms with E-state index in [4.69, 9.17) is 5.73 Å².